The summed E-state index contributed by atoms with van der Waals surface area (Å²) in [5.41, 5.74) is 0.122. The minimum Gasteiger partial charge on any atom is -0.503 e. The Balaban J connectivity index is 2.78. The van der Waals surface area contributed by atoms with Gasteiger partial charge in [0.15, 0.2) is 22.5 Å². The van der Waals surface area contributed by atoms with Crippen LogP contribution in [0, 0.1) is 23.5 Å². The standard InChI is InChI=1S/C11H8F2O2S/c1-7(14)16-4-2-3-8-5-9(12)11(15)10(13)6-8/h5-6,15H,4H2,1H3. The number of hydrogen-bond donors (Lipinski definition) is 1. The fourth-order valence-corrected chi connectivity index (χ4v) is 1.26. The van der Waals surface area contributed by atoms with Crippen molar-refractivity contribution in [3.05, 3.63) is 29.3 Å². The second-order valence-corrected chi connectivity index (χ2v) is 4.02. The van der Waals surface area contributed by atoms with E-state index < -0.39 is 17.4 Å². The Morgan fingerprint density at radius 1 is 1.44 bits per heavy atom. The first-order valence-corrected chi connectivity index (χ1v) is 5.29. The highest BCUT2D eigenvalue weighted by molar-refractivity contribution is 8.13. The molecule has 0 unspecified atom stereocenters. The number of hydrogen-bond acceptors (Lipinski definition) is 3. The third-order valence-electron chi connectivity index (χ3n) is 1.60. The average molecular weight is 242 g/mol. The van der Waals surface area contributed by atoms with Crippen LogP contribution in [0.2, 0.25) is 0 Å². The molecule has 0 heterocycles. The number of benzene rings is 1. The maximum absolute atomic E-state index is 12.9. The number of carbonyl (C=O) groups is 1. The Morgan fingerprint density at radius 3 is 2.50 bits per heavy atom. The van der Waals surface area contributed by atoms with Crippen LogP contribution in [0.5, 0.6) is 5.75 Å². The van der Waals surface area contributed by atoms with Crippen molar-refractivity contribution in [3.63, 3.8) is 0 Å². The average Bonchev–Trinajstić information content (AvgIpc) is 2.20. The maximum Gasteiger partial charge on any atom is 0.187 e. The van der Waals surface area contributed by atoms with E-state index in [0.29, 0.717) is 0 Å². The van der Waals surface area contributed by atoms with E-state index in [1.54, 1.807) is 0 Å². The van der Waals surface area contributed by atoms with Crippen molar-refractivity contribution in [1.29, 1.82) is 0 Å². The number of halogens is 2. The number of phenols is 1. The van der Waals surface area contributed by atoms with E-state index >= 15 is 0 Å². The van der Waals surface area contributed by atoms with Crippen LogP contribution in [0.15, 0.2) is 12.1 Å². The van der Waals surface area contributed by atoms with Gasteiger partial charge in [-0.3, -0.25) is 4.79 Å². The second-order valence-electron chi connectivity index (χ2n) is 2.87. The Hall–Kier alpha value is -1.54. The van der Waals surface area contributed by atoms with Crippen LogP contribution >= 0.6 is 11.8 Å². The predicted octanol–water partition coefficient (Wildman–Crippen LogP) is 2.30. The van der Waals surface area contributed by atoms with Gasteiger partial charge >= 0.3 is 0 Å². The molecule has 0 aliphatic rings. The highest BCUT2D eigenvalue weighted by Gasteiger charge is 2.07. The molecule has 0 radical (unpaired) electrons. The van der Waals surface area contributed by atoms with E-state index in [0.717, 1.165) is 23.9 Å². The molecule has 16 heavy (non-hydrogen) atoms. The van der Waals surface area contributed by atoms with Gasteiger partial charge in [0.25, 0.3) is 0 Å². The molecule has 1 N–H and O–H groups in total. The molecule has 0 aliphatic carbocycles. The summed E-state index contributed by atoms with van der Waals surface area (Å²) in [7, 11) is 0. The first-order valence-electron chi connectivity index (χ1n) is 4.31. The summed E-state index contributed by atoms with van der Waals surface area (Å²) >= 11 is 1.01. The van der Waals surface area contributed by atoms with Gasteiger partial charge in [-0.05, 0) is 12.1 Å². The van der Waals surface area contributed by atoms with Crippen LogP contribution in [0.4, 0.5) is 8.78 Å². The van der Waals surface area contributed by atoms with Gasteiger partial charge in [0.2, 0.25) is 0 Å². The van der Waals surface area contributed by atoms with E-state index in [-0.39, 0.29) is 16.4 Å². The molecule has 0 aliphatic heterocycles. The van der Waals surface area contributed by atoms with Crippen molar-refractivity contribution in [1.82, 2.24) is 0 Å². The molecule has 0 atom stereocenters. The highest BCUT2D eigenvalue weighted by atomic mass is 32.2. The van der Waals surface area contributed by atoms with Gasteiger partial charge in [-0.1, -0.05) is 23.6 Å². The van der Waals surface area contributed by atoms with Crippen LogP contribution in [0.25, 0.3) is 0 Å². The van der Waals surface area contributed by atoms with Crippen molar-refractivity contribution in [3.8, 4) is 17.6 Å². The normalized spacial score (nSPS) is 9.44. The minimum absolute atomic E-state index is 0.0719. The van der Waals surface area contributed by atoms with Crippen LogP contribution in [-0.4, -0.2) is 16.0 Å². The van der Waals surface area contributed by atoms with Crippen molar-refractivity contribution >= 4 is 16.9 Å². The topological polar surface area (TPSA) is 37.3 Å². The fraction of sp³-hybridized carbons (Fsp3) is 0.182. The summed E-state index contributed by atoms with van der Waals surface area (Å²) in [4.78, 5) is 10.6. The molecule has 1 aromatic rings. The summed E-state index contributed by atoms with van der Waals surface area (Å²) in [6, 6.07) is 1.87. The first kappa shape index (κ1) is 12.5. The third kappa shape index (κ3) is 3.55. The molecular weight excluding hydrogens is 234 g/mol. The van der Waals surface area contributed by atoms with Gasteiger partial charge < -0.3 is 5.11 Å². The summed E-state index contributed by atoms with van der Waals surface area (Å²) < 4.78 is 25.7. The minimum atomic E-state index is -1.05. The van der Waals surface area contributed by atoms with Gasteiger partial charge in [0.1, 0.15) is 0 Å². The summed E-state index contributed by atoms with van der Waals surface area (Å²) in [6.45, 7) is 1.41. The molecule has 0 saturated carbocycles. The first-order chi connectivity index (χ1) is 7.50. The van der Waals surface area contributed by atoms with Gasteiger partial charge in [0.05, 0.1) is 5.75 Å². The van der Waals surface area contributed by atoms with Gasteiger partial charge in [-0.2, -0.15) is 0 Å². The van der Waals surface area contributed by atoms with E-state index in [1.165, 1.54) is 6.92 Å². The highest BCUT2D eigenvalue weighted by Crippen LogP contribution is 2.20. The largest absolute Gasteiger partial charge is 0.503 e. The van der Waals surface area contributed by atoms with Crippen LogP contribution in [0.3, 0.4) is 0 Å². The maximum atomic E-state index is 12.9. The number of phenolic OH excluding ortho intramolecular Hbond substituents is 1. The van der Waals surface area contributed by atoms with Crippen molar-refractivity contribution < 1.29 is 18.7 Å². The lowest BCUT2D eigenvalue weighted by molar-refractivity contribution is -0.109. The predicted molar refractivity (Wildman–Crippen MR) is 58.0 cm³/mol. The Morgan fingerprint density at radius 2 is 2.00 bits per heavy atom. The number of carbonyl (C=O) groups excluding carboxylic acids is 1. The molecule has 0 spiro atoms. The van der Waals surface area contributed by atoms with Gasteiger partial charge in [-0.25, -0.2) is 8.78 Å². The molecule has 2 nitrogen and oxygen atoms in total. The van der Waals surface area contributed by atoms with Crippen molar-refractivity contribution in [2.45, 2.75) is 6.92 Å². The number of thioether (sulfide) groups is 1. The fourth-order valence-electron chi connectivity index (χ4n) is 0.914. The Labute approximate surface area is 95.7 Å². The van der Waals surface area contributed by atoms with E-state index in [1.807, 2.05) is 0 Å². The van der Waals surface area contributed by atoms with Crippen molar-refractivity contribution in [2.24, 2.45) is 0 Å². The zero-order valence-corrected chi connectivity index (χ0v) is 9.20. The molecule has 0 saturated heterocycles. The molecule has 84 valence electrons. The van der Waals surface area contributed by atoms with E-state index in [2.05, 4.69) is 11.8 Å². The Bertz CT molecular complexity index is 452. The van der Waals surface area contributed by atoms with Crippen LogP contribution in [0.1, 0.15) is 12.5 Å². The monoisotopic (exact) mass is 242 g/mol. The summed E-state index contributed by atoms with van der Waals surface area (Å²) in [6.07, 6.45) is 0. The molecule has 5 heteroatoms. The SMILES string of the molecule is CC(=O)SCC#Cc1cc(F)c(O)c(F)c1. The zero-order chi connectivity index (χ0) is 12.1. The second kappa shape index (κ2) is 5.52. The molecule has 0 amide bonds. The molecule has 1 rings (SSSR count). The molecule has 1 aromatic carbocycles. The number of aromatic hydroxyl groups is 1. The quantitative estimate of drug-likeness (QED) is 0.768. The molecule has 0 aromatic heterocycles. The Kier molecular flexibility index (Phi) is 4.32. The lowest BCUT2D eigenvalue weighted by atomic mass is 10.2. The van der Waals surface area contributed by atoms with Crippen LogP contribution < -0.4 is 0 Å². The van der Waals surface area contributed by atoms with E-state index in [4.69, 9.17) is 5.11 Å². The molecule has 0 fully saturated rings. The summed E-state index contributed by atoms with van der Waals surface area (Å²) in [5.74, 6) is 2.23. The molecular formula is C11H8F2O2S. The smallest absolute Gasteiger partial charge is 0.187 e. The lowest BCUT2D eigenvalue weighted by Crippen LogP contribution is -1.86. The van der Waals surface area contributed by atoms with E-state index in [9.17, 15) is 13.6 Å². The van der Waals surface area contributed by atoms with Gasteiger partial charge in [0, 0.05) is 12.5 Å². The third-order valence-corrected chi connectivity index (χ3v) is 2.29. The van der Waals surface area contributed by atoms with Crippen LogP contribution in [-0.2, 0) is 4.79 Å². The lowest BCUT2D eigenvalue weighted by Gasteiger charge is -1.97. The summed E-state index contributed by atoms with van der Waals surface area (Å²) in [5, 5.41) is 8.76. The molecule has 0 bridgehead atoms. The van der Waals surface area contributed by atoms with Crippen molar-refractivity contribution in [2.75, 3.05) is 5.75 Å². The van der Waals surface area contributed by atoms with Gasteiger partial charge in [-0.15, -0.1) is 0 Å². The zero-order valence-electron chi connectivity index (χ0n) is 8.38. The number of rotatable bonds is 1.